The van der Waals surface area contributed by atoms with Crippen molar-refractivity contribution < 1.29 is 27.4 Å². The molecule has 0 amide bonds. The van der Waals surface area contributed by atoms with Gasteiger partial charge in [-0.25, -0.2) is 9.48 Å². The van der Waals surface area contributed by atoms with E-state index >= 15 is 0 Å². The minimum atomic E-state index is -4.46. The number of carbonyl (C=O) groups is 1. The summed E-state index contributed by atoms with van der Waals surface area (Å²) in [6.45, 7) is 0.850. The lowest BCUT2D eigenvalue weighted by molar-refractivity contribution is -0.137. The molecular formula is C14H12F3N3O3. The first-order chi connectivity index (χ1) is 10.9. The number of benzene rings is 1. The minimum absolute atomic E-state index is 0.0747. The van der Waals surface area contributed by atoms with Gasteiger partial charge in [0, 0.05) is 6.42 Å². The van der Waals surface area contributed by atoms with Crippen LogP contribution in [0.15, 0.2) is 30.5 Å². The first-order valence-electron chi connectivity index (χ1n) is 6.82. The molecule has 1 aromatic carbocycles. The Kier molecular flexibility index (Phi) is 4.03. The Hall–Kier alpha value is -2.42. The lowest BCUT2D eigenvalue weighted by Gasteiger charge is -2.08. The summed E-state index contributed by atoms with van der Waals surface area (Å²) in [7, 11) is 0. The fourth-order valence-electron chi connectivity index (χ4n) is 2.13. The van der Waals surface area contributed by atoms with Gasteiger partial charge in [-0.05, 0) is 18.2 Å². The van der Waals surface area contributed by atoms with E-state index in [2.05, 4.69) is 10.3 Å². The molecular weight excluding hydrogens is 315 g/mol. The minimum Gasteiger partial charge on any atom is -0.455 e. The molecule has 1 atom stereocenters. The van der Waals surface area contributed by atoms with Crippen molar-refractivity contribution in [2.45, 2.75) is 18.7 Å². The zero-order chi connectivity index (χ0) is 16.4. The lowest BCUT2D eigenvalue weighted by Crippen LogP contribution is -2.18. The number of hydrogen-bond donors (Lipinski definition) is 0. The van der Waals surface area contributed by atoms with Gasteiger partial charge in [-0.3, -0.25) is 0 Å². The summed E-state index contributed by atoms with van der Waals surface area (Å²) in [5, 5.41) is 7.32. The highest BCUT2D eigenvalue weighted by atomic mass is 19.4. The van der Waals surface area contributed by atoms with Crippen molar-refractivity contribution in [2.75, 3.05) is 13.2 Å². The van der Waals surface area contributed by atoms with Gasteiger partial charge < -0.3 is 9.47 Å². The Labute approximate surface area is 128 Å². The van der Waals surface area contributed by atoms with E-state index < -0.39 is 17.7 Å². The number of nitrogens with zero attached hydrogens (tertiary/aromatic N) is 3. The van der Waals surface area contributed by atoms with E-state index in [1.54, 1.807) is 0 Å². The maximum absolute atomic E-state index is 12.7. The SMILES string of the molecule is O=C(O[C@H]1CCOC1)c1cn(-c2cccc(C(F)(F)F)c2)nn1. The number of carbonyl (C=O) groups excluding carboxylic acids is 1. The van der Waals surface area contributed by atoms with Crippen LogP contribution >= 0.6 is 0 Å². The van der Waals surface area contributed by atoms with Gasteiger partial charge in [0.25, 0.3) is 0 Å². The summed E-state index contributed by atoms with van der Waals surface area (Å²) in [5.74, 6) is -0.682. The Morgan fingerprint density at radius 2 is 2.22 bits per heavy atom. The molecule has 1 aliphatic heterocycles. The summed E-state index contributed by atoms with van der Waals surface area (Å²) < 4.78 is 49.5. The molecule has 0 radical (unpaired) electrons. The molecule has 1 saturated heterocycles. The average molecular weight is 327 g/mol. The van der Waals surface area contributed by atoms with Crippen molar-refractivity contribution >= 4 is 5.97 Å². The molecule has 0 aliphatic carbocycles. The molecule has 1 aliphatic rings. The Morgan fingerprint density at radius 1 is 1.39 bits per heavy atom. The molecule has 1 fully saturated rings. The molecule has 0 unspecified atom stereocenters. The van der Waals surface area contributed by atoms with Crippen molar-refractivity contribution in [3.8, 4) is 5.69 Å². The van der Waals surface area contributed by atoms with Crippen molar-refractivity contribution in [3.63, 3.8) is 0 Å². The number of alkyl halides is 3. The molecule has 2 aromatic rings. The van der Waals surface area contributed by atoms with Gasteiger partial charge in [-0.1, -0.05) is 11.3 Å². The van der Waals surface area contributed by atoms with Crippen LogP contribution in [0.5, 0.6) is 0 Å². The maximum atomic E-state index is 12.7. The second-order valence-corrected chi connectivity index (χ2v) is 4.99. The van der Waals surface area contributed by atoms with E-state index in [1.165, 1.54) is 18.3 Å². The smallest absolute Gasteiger partial charge is 0.416 e. The van der Waals surface area contributed by atoms with E-state index in [-0.39, 0.29) is 17.5 Å². The normalized spacial score (nSPS) is 18.1. The fraction of sp³-hybridized carbons (Fsp3) is 0.357. The quantitative estimate of drug-likeness (QED) is 0.809. The predicted octanol–water partition coefficient (Wildman–Crippen LogP) is 2.23. The van der Waals surface area contributed by atoms with Gasteiger partial charge in [0.05, 0.1) is 30.7 Å². The Morgan fingerprint density at radius 3 is 2.91 bits per heavy atom. The van der Waals surface area contributed by atoms with Crippen molar-refractivity contribution in [1.82, 2.24) is 15.0 Å². The third kappa shape index (κ3) is 3.50. The number of ether oxygens (including phenoxy) is 2. The second kappa shape index (κ2) is 5.99. The number of aromatic nitrogens is 3. The van der Waals surface area contributed by atoms with E-state index in [1.807, 2.05) is 0 Å². The summed E-state index contributed by atoms with van der Waals surface area (Å²) in [4.78, 5) is 11.9. The average Bonchev–Trinajstić information content (AvgIpc) is 3.17. The highest BCUT2D eigenvalue weighted by molar-refractivity contribution is 5.87. The highest BCUT2D eigenvalue weighted by Gasteiger charge is 2.30. The van der Waals surface area contributed by atoms with Crippen molar-refractivity contribution in [3.05, 3.63) is 41.7 Å². The molecule has 2 heterocycles. The summed E-state index contributed by atoms with van der Waals surface area (Å²) in [5.41, 5.74) is -0.734. The predicted molar refractivity (Wildman–Crippen MR) is 71.0 cm³/mol. The van der Waals surface area contributed by atoms with Gasteiger partial charge in [-0.15, -0.1) is 5.10 Å². The number of esters is 1. The van der Waals surface area contributed by atoms with Crippen LogP contribution in [0.1, 0.15) is 22.5 Å². The standard InChI is InChI=1S/C14H12F3N3O3/c15-14(16,17)9-2-1-3-10(6-9)20-7-12(18-19-20)13(21)23-11-4-5-22-8-11/h1-3,6-7,11H,4-5,8H2/t11-/m0/s1. The third-order valence-electron chi connectivity index (χ3n) is 3.30. The molecule has 6 nitrogen and oxygen atoms in total. The zero-order valence-electron chi connectivity index (χ0n) is 11.8. The van der Waals surface area contributed by atoms with Crippen LogP contribution in [-0.4, -0.2) is 40.3 Å². The molecule has 0 bridgehead atoms. The highest BCUT2D eigenvalue weighted by Crippen LogP contribution is 2.30. The molecule has 0 spiro atoms. The molecule has 122 valence electrons. The van der Waals surface area contributed by atoms with E-state index in [0.717, 1.165) is 16.8 Å². The second-order valence-electron chi connectivity index (χ2n) is 4.99. The van der Waals surface area contributed by atoms with Crippen LogP contribution in [-0.2, 0) is 15.7 Å². The summed E-state index contributed by atoms with van der Waals surface area (Å²) in [6.07, 6.45) is -2.96. The van der Waals surface area contributed by atoms with Gasteiger partial charge in [-0.2, -0.15) is 13.2 Å². The topological polar surface area (TPSA) is 66.2 Å². The molecule has 0 N–H and O–H groups in total. The summed E-state index contributed by atoms with van der Waals surface area (Å²) >= 11 is 0. The van der Waals surface area contributed by atoms with E-state index in [9.17, 15) is 18.0 Å². The Balaban J connectivity index is 1.77. The first kappa shape index (κ1) is 15.5. The van der Waals surface area contributed by atoms with E-state index in [4.69, 9.17) is 9.47 Å². The summed E-state index contributed by atoms with van der Waals surface area (Å²) in [6, 6.07) is 4.57. The van der Waals surface area contributed by atoms with Crippen LogP contribution in [0.2, 0.25) is 0 Å². The van der Waals surface area contributed by atoms with Crippen molar-refractivity contribution in [2.24, 2.45) is 0 Å². The molecule has 3 rings (SSSR count). The lowest BCUT2D eigenvalue weighted by atomic mass is 10.2. The number of hydrogen-bond acceptors (Lipinski definition) is 5. The molecule has 9 heteroatoms. The number of rotatable bonds is 3. The molecule has 0 saturated carbocycles. The monoisotopic (exact) mass is 327 g/mol. The third-order valence-corrected chi connectivity index (χ3v) is 3.30. The van der Waals surface area contributed by atoms with E-state index in [0.29, 0.717) is 19.6 Å². The Bertz CT molecular complexity index is 709. The van der Waals surface area contributed by atoms with Crippen LogP contribution < -0.4 is 0 Å². The van der Waals surface area contributed by atoms with Crippen LogP contribution in [0.4, 0.5) is 13.2 Å². The van der Waals surface area contributed by atoms with Crippen LogP contribution in [0.3, 0.4) is 0 Å². The molecule has 1 aromatic heterocycles. The van der Waals surface area contributed by atoms with Gasteiger partial charge in [0.15, 0.2) is 5.69 Å². The maximum Gasteiger partial charge on any atom is 0.416 e. The first-order valence-corrected chi connectivity index (χ1v) is 6.82. The van der Waals surface area contributed by atoms with Gasteiger partial charge in [0.2, 0.25) is 0 Å². The number of halogens is 3. The van der Waals surface area contributed by atoms with Gasteiger partial charge >= 0.3 is 12.1 Å². The molecule has 23 heavy (non-hydrogen) atoms. The zero-order valence-corrected chi connectivity index (χ0v) is 11.8. The van der Waals surface area contributed by atoms with Crippen molar-refractivity contribution in [1.29, 1.82) is 0 Å². The fourth-order valence-corrected chi connectivity index (χ4v) is 2.13. The largest absolute Gasteiger partial charge is 0.455 e. The van der Waals surface area contributed by atoms with Crippen LogP contribution in [0, 0.1) is 0 Å². The van der Waals surface area contributed by atoms with Gasteiger partial charge in [0.1, 0.15) is 6.10 Å². The van der Waals surface area contributed by atoms with Crippen LogP contribution in [0.25, 0.3) is 5.69 Å².